The molecule has 1 atom stereocenters. The van der Waals surface area contributed by atoms with Crippen LogP contribution in [0, 0.1) is 12.3 Å². The van der Waals surface area contributed by atoms with Crippen LogP contribution in [0.2, 0.25) is 0 Å². The number of amides is 1. The van der Waals surface area contributed by atoms with Crippen LogP contribution < -0.4 is 5.32 Å². The molecule has 1 N–H and O–H groups in total. The molecule has 3 aromatic rings. The van der Waals surface area contributed by atoms with Crippen molar-refractivity contribution >= 4 is 29.1 Å². The number of hydrogen-bond donors (Lipinski definition) is 1. The van der Waals surface area contributed by atoms with Crippen LogP contribution in [0.3, 0.4) is 0 Å². The van der Waals surface area contributed by atoms with Crippen LogP contribution in [0.25, 0.3) is 11.5 Å². The maximum atomic E-state index is 12.8. The first-order valence-corrected chi connectivity index (χ1v) is 10.5. The van der Waals surface area contributed by atoms with Gasteiger partial charge in [0.05, 0.1) is 5.25 Å². The second kappa shape index (κ2) is 8.83. The van der Waals surface area contributed by atoms with Crippen molar-refractivity contribution in [2.45, 2.75) is 45.1 Å². The monoisotopic (exact) mass is 423 g/mol. The molecular formula is C23H25N3O3S. The molecule has 0 saturated heterocycles. The first kappa shape index (κ1) is 21.8. The van der Waals surface area contributed by atoms with Crippen LogP contribution in [0.15, 0.2) is 58.2 Å². The Morgan fingerprint density at radius 3 is 2.23 bits per heavy atom. The highest BCUT2D eigenvalue weighted by molar-refractivity contribution is 8.00. The molecule has 0 aliphatic rings. The number of nitrogens with zero attached hydrogens (tertiary/aromatic N) is 2. The maximum absolute atomic E-state index is 12.8. The molecule has 3 rings (SSSR count). The lowest BCUT2D eigenvalue weighted by molar-refractivity contribution is -0.123. The lowest BCUT2D eigenvalue weighted by Crippen LogP contribution is -2.27. The molecule has 0 aliphatic heterocycles. The summed E-state index contributed by atoms with van der Waals surface area (Å²) in [4.78, 5) is 24.8. The molecule has 1 aromatic heterocycles. The standard InChI is InChI=1S/C23H25N3O3S/c1-14-6-8-17(9-7-14)20-25-26-22(29-20)30-15(2)19(27)16-10-12-18(13-11-16)24-21(28)23(3,4)5/h6-13,15H,1-5H3,(H,24,28)/t15-/m1/s1. The van der Waals surface area contributed by atoms with E-state index in [-0.39, 0.29) is 11.7 Å². The maximum Gasteiger partial charge on any atom is 0.277 e. The smallest absolute Gasteiger partial charge is 0.277 e. The number of aryl methyl sites for hydroxylation is 1. The van der Waals surface area contributed by atoms with Crippen LogP contribution in [-0.4, -0.2) is 27.1 Å². The summed E-state index contributed by atoms with van der Waals surface area (Å²) in [6, 6.07) is 14.7. The Balaban J connectivity index is 1.63. The minimum absolute atomic E-state index is 0.0521. The van der Waals surface area contributed by atoms with E-state index in [1.165, 1.54) is 11.8 Å². The van der Waals surface area contributed by atoms with Gasteiger partial charge in [-0.2, -0.15) is 0 Å². The van der Waals surface area contributed by atoms with Crippen molar-refractivity contribution in [3.05, 3.63) is 59.7 Å². The third-order valence-corrected chi connectivity index (χ3v) is 5.39. The molecule has 1 amide bonds. The normalized spacial score (nSPS) is 12.4. The molecule has 0 bridgehead atoms. The van der Waals surface area contributed by atoms with Crippen LogP contribution >= 0.6 is 11.8 Å². The quantitative estimate of drug-likeness (QED) is 0.422. The van der Waals surface area contributed by atoms with E-state index in [0.717, 1.165) is 11.1 Å². The lowest BCUT2D eigenvalue weighted by atomic mass is 9.95. The van der Waals surface area contributed by atoms with Gasteiger partial charge in [-0.25, -0.2) is 0 Å². The van der Waals surface area contributed by atoms with Crippen LogP contribution in [0.5, 0.6) is 0 Å². The van der Waals surface area contributed by atoms with Gasteiger partial charge in [-0.1, -0.05) is 50.2 Å². The molecule has 1 heterocycles. The van der Waals surface area contributed by atoms with Gasteiger partial charge in [0.2, 0.25) is 11.8 Å². The highest BCUT2D eigenvalue weighted by Crippen LogP contribution is 2.28. The minimum atomic E-state index is -0.485. The van der Waals surface area contributed by atoms with Crippen LogP contribution in [-0.2, 0) is 4.79 Å². The Bertz CT molecular complexity index is 1030. The highest BCUT2D eigenvalue weighted by atomic mass is 32.2. The molecule has 30 heavy (non-hydrogen) atoms. The van der Waals surface area contributed by atoms with Crippen LogP contribution in [0.4, 0.5) is 5.69 Å². The summed E-state index contributed by atoms with van der Waals surface area (Å²) in [5.74, 6) is 0.297. The third-order valence-electron chi connectivity index (χ3n) is 4.46. The Kier molecular flexibility index (Phi) is 6.41. The van der Waals surface area contributed by atoms with Crippen molar-refractivity contribution in [2.75, 3.05) is 5.32 Å². The van der Waals surface area contributed by atoms with Crippen LogP contribution in [0.1, 0.15) is 43.6 Å². The summed E-state index contributed by atoms with van der Waals surface area (Å²) in [6.07, 6.45) is 0. The summed E-state index contributed by atoms with van der Waals surface area (Å²) >= 11 is 1.22. The van der Waals surface area contributed by atoms with E-state index in [9.17, 15) is 9.59 Å². The van der Waals surface area contributed by atoms with E-state index in [1.807, 2.05) is 52.0 Å². The summed E-state index contributed by atoms with van der Waals surface area (Å²) in [6.45, 7) is 9.36. The van der Waals surface area contributed by atoms with Crippen molar-refractivity contribution in [1.82, 2.24) is 10.2 Å². The minimum Gasteiger partial charge on any atom is -0.411 e. The summed E-state index contributed by atoms with van der Waals surface area (Å²) in [7, 11) is 0. The van der Waals surface area contributed by atoms with E-state index < -0.39 is 10.7 Å². The van der Waals surface area contributed by atoms with Gasteiger partial charge < -0.3 is 9.73 Å². The summed E-state index contributed by atoms with van der Waals surface area (Å²) in [5, 5.41) is 10.9. The molecule has 0 radical (unpaired) electrons. The zero-order valence-corrected chi connectivity index (χ0v) is 18.5. The second-order valence-electron chi connectivity index (χ2n) is 8.14. The topological polar surface area (TPSA) is 85.1 Å². The molecular weight excluding hydrogens is 398 g/mol. The van der Waals surface area contributed by atoms with Crippen molar-refractivity contribution in [3.63, 3.8) is 0 Å². The molecule has 0 aliphatic carbocycles. The van der Waals surface area contributed by atoms with Gasteiger partial charge in [0.15, 0.2) is 5.78 Å². The zero-order chi connectivity index (χ0) is 21.9. The van der Waals surface area contributed by atoms with Gasteiger partial charge >= 0.3 is 0 Å². The van der Waals surface area contributed by atoms with Crippen molar-refractivity contribution in [3.8, 4) is 11.5 Å². The first-order valence-electron chi connectivity index (χ1n) is 9.66. The average Bonchev–Trinajstić information content (AvgIpc) is 3.16. The molecule has 7 heteroatoms. The fourth-order valence-electron chi connectivity index (χ4n) is 2.55. The number of Topliss-reactive ketones (excluding diaryl/α,β-unsaturated/α-hetero) is 1. The second-order valence-corrected chi connectivity index (χ2v) is 9.44. The number of thioether (sulfide) groups is 1. The summed E-state index contributed by atoms with van der Waals surface area (Å²) in [5.41, 5.74) is 2.72. The third kappa shape index (κ3) is 5.36. The largest absolute Gasteiger partial charge is 0.411 e. The number of hydrogen-bond acceptors (Lipinski definition) is 6. The number of carbonyl (C=O) groups excluding carboxylic acids is 2. The molecule has 0 spiro atoms. The van der Waals surface area contributed by atoms with Gasteiger partial charge in [0.1, 0.15) is 0 Å². The van der Waals surface area contributed by atoms with E-state index in [0.29, 0.717) is 22.4 Å². The van der Waals surface area contributed by atoms with Gasteiger partial charge in [0, 0.05) is 22.2 Å². The summed E-state index contributed by atoms with van der Waals surface area (Å²) < 4.78 is 5.70. The number of ketones is 1. The van der Waals surface area contributed by atoms with Crippen molar-refractivity contribution in [1.29, 1.82) is 0 Å². The SMILES string of the molecule is Cc1ccc(-c2nnc(S[C@H](C)C(=O)c3ccc(NC(=O)C(C)(C)C)cc3)o2)cc1. The zero-order valence-electron chi connectivity index (χ0n) is 17.7. The molecule has 0 unspecified atom stereocenters. The van der Waals surface area contributed by atoms with Gasteiger partial charge in [-0.05, 0) is 50.2 Å². The first-order chi connectivity index (χ1) is 14.1. The van der Waals surface area contributed by atoms with Crippen molar-refractivity contribution in [2.24, 2.45) is 5.41 Å². The number of nitrogens with one attached hydrogen (secondary N) is 1. The number of benzene rings is 2. The van der Waals surface area contributed by atoms with E-state index in [4.69, 9.17) is 4.42 Å². The molecule has 6 nitrogen and oxygen atoms in total. The Labute approximate surface area is 180 Å². The molecule has 2 aromatic carbocycles. The number of rotatable bonds is 6. The number of carbonyl (C=O) groups is 2. The van der Waals surface area contributed by atoms with E-state index >= 15 is 0 Å². The average molecular weight is 424 g/mol. The van der Waals surface area contributed by atoms with Gasteiger partial charge in [-0.3, -0.25) is 9.59 Å². The number of aromatic nitrogens is 2. The van der Waals surface area contributed by atoms with Crippen molar-refractivity contribution < 1.29 is 14.0 Å². The fraction of sp³-hybridized carbons (Fsp3) is 0.304. The van der Waals surface area contributed by atoms with Gasteiger partial charge in [0.25, 0.3) is 5.22 Å². The van der Waals surface area contributed by atoms with E-state index in [2.05, 4.69) is 15.5 Å². The molecule has 0 fully saturated rings. The highest BCUT2D eigenvalue weighted by Gasteiger charge is 2.22. The predicted octanol–water partition coefficient (Wildman–Crippen LogP) is 5.39. The Hall–Kier alpha value is -2.93. The Morgan fingerprint density at radius 1 is 1.00 bits per heavy atom. The fourth-order valence-corrected chi connectivity index (χ4v) is 3.31. The Morgan fingerprint density at radius 2 is 1.63 bits per heavy atom. The van der Waals surface area contributed by atoms with Gasteiger partial charge in [-0.15, -0.1) is 10.2 Å². The van der Waals surface area contributed by atoms with E-state index in [1.54, 1.807) is 31.2 Å². The predicted molar refractivity (Wildman–Crippen MR) is 119 cm³/mol. The molecule has 156 valence electrons. The number of anilines is 1. The lowest BCUT2D eigenvalue weighted by Gasteiger charge is -2.17. The molecule has 0 saturated carbocycles.